The standard InChI is InChI=1S/C27H19N5O4/c33-21(10-16-13-32-22-18(16)3-1-5-20(22)30-24(34)25(32)35)29-17-7-6-14-11-27(12-15(14)9-17)19-4-2-8-28-23(19)31-26(27)36/h1-9,13H,10-12H2,(H,29,33)(H,30,34)(H,28,31,36). The number of benzene rings is 2. The lowest BCUT2D eigenvalue weighted by Crippen LogP contribution is -2.35. The largest absolute Gasteiger partial charge is 0.326 e. The van der Waals surface area contributed by atoms with Gasteiger partial charge in [-0.2, -0.15) is 0 Å². The minimum Gasteiger partial charge on any atom is -0.326 e. The van der Waals surface area contributed by atoms with Crippen LogP contribution in [0.3, 0.4) is 0 Å². The summed E-state index contributed by atoms with van der Waals surface area (Å²) < 4.78 is 1.31. The Morgan fingerprint density at radius 1 is 1.06 bits per heavy atom. The number of hydrogen-bond acceptors (Lipinski definition) is 5. The van der Waals surface area contributed by atoms with Gasteiger partial charge in [0.25, 0.3) is 0 Å². The Balaban J connectivity index is 1.16. The Hall–Kier alpha value is -4.79. The number of fused-ring (bicyclic) bond motifs is 3. The number of carbonyl (C=O) groups is 2. The number of H-pyrrole nitrogens is 1. The number of pyridine rings is 1. The summed E-state index contributed by atoms with van der Waals surface area (Å²) >= 11 is 0. The fourth-order valence-corrected chi connectivity index (χ4v) is 5.76. The van der Waals surface area contributed by atoms with E-state index in [2.05, 4.69) is 20.6 Å². The van der Waals surface area contributed by atoms with Crippen LogP contribution in [0.4, 0.5) is 11.5 Å². The van der Waals surface area contributed by atoms with E-state index >= 15 is 0 Å². The van der Waals surface area contributed by atoms with Gasteiger partial charge >= 0.3 is 11.1 Å². The van der Waals surface area contributed by atoms with Gasteiger partial charge in [-0.3, -0.25) is 23.6 Å². The van der Waals surface area contributed by atoms with Gasteiger partial charge in [0, 0.05) is 29.0 Å². The Kier molecular flexibility index (Phi) is 4.06. The lowest BCUT2D eigenvalue weighted by molar-refractivity contribution is -0.120. The fourth-order valence-electron chi connectivity index (χ4n) is 5.76. The van der Waals surface area contributed by atoms with Crippen LogP contribution in [0.15, 0.2) is 70.5 Å². The second-order valence-electron chi connectivity index (χ2n) is 9.48. The number of aromatic amines is 1. The zero-order valence-corrected chi connectivity index (χ0v) is 18.9. The highest BCUT2D eigenvalue weighted by Crippen LogP contribution is 2.46. The van der Waals surface area contributed by atoms with Gasteiger partial charge in [0.05, 0.1) is 22.9 Å². The van der Waals surface area contributed by atoms with Crippen molar-refractivity contribution in [3.05, 3.63) is 104 Å². The van der Waals surface area contributed by atoms with Gasteiger partial charge in [0.1, 0.15) is 5.82 Å². The van der Waals surface area contributed by atoms with Gasteiger partial charge in [-0.1, -0.05) is 24.3 Å². The third kappa shape index (κ3) is 2.79. The summed E-state index contributed by atoms with van der Waals surface area (Å²) in [7, 11) is 0. The highest BCUT2D eigenvalue weighted by atomic mass is 16.2. The maximum Gasteiger partial charge on any atom is 0.320 e. The van der Waals surface area contributed by atoms with Crippen LogP contribution in [-0.2, 0) is 34.3 Å². The van der Waals surface area contributed by atoms with E-state index in [4.69, 9.17) is 0 Å². The first-order valence-electron chi connectivity index (χ1n) is 11.6. The maximum absolute atomic E-state index is 13.0. The van der Waals surface area contributed by atoms with Crippen molar-refractivity contribution in [1.29, 1.82) is 0 Å². The third-order valence-electron chi connectivity index (χ3n) is 7.38. The maximum atomic E-state index is 13.0. The Morgan fingerprint density at radius 3 is 2.81 bits per heavy atom. The molecule has 9 heteroatoms. The topological polar surface area (TPSA) is 125 Å². The summed E-state index contributed by atoms with van der Waals surface area (Å²) in [5, 5.41) is 6.59. The summed E-state index contributed by atoms with van der Waals surface area (Å²) in [4.78, 5) is 57.1. The number of nitrogens with one attached hydrogen (secondary N) is 3. The molecule has 4 heterocycles. The summed E-state index contributed by atoms with van der Waals surface area (Å²) in [6.07, 6.45) is 4.39. The van der Waals surface area contributed by atoms with Crippen LogP contribution in [0, 0.1) is 0 Å². The first-order chi connectivity index (χ1) is 17.4. The van der Waals surface area contributed by atoms with Crippen LogP contribution in [-0.4, -0.2) is 26.2 Å². The molecule has 2 aromatic carbocycles. The van der Waals surface area contributed by atoms with Crippen molar-refractivity contribution in [2.45, 2.75) is 24.7 Å². The molecule has 36 heavy (non-hydrogen) atoms. The molecule has 0 fully saturated rings. The predicted molar refractivity (Wildman–Crippen MR) is 134 cm³/mol. The molecule has 0 radical (unpaired) electrons. The molecule has 9 nitrogen and oxygen atoms in total. The van der Waals surface area contributed by atoms with E-state index in [-0.39, 0.29) is 18.2 Å². The molecule has 3 aromatic heterocycles. The molecule has 1 aliphatic carbocycles. The van der Waals surface area contributed by atoms with Crippen molar-refractivity contribution < 1.29 is 9.59 Å². The van der Waals surface area contributed by atoms with Crippen LogP contribution >= 0.6 is 0 Å². The summed E-state index contributed by atoms with van der Waals surface area (Å²) in [6, 6.07) is 14.8. The van der Waals surface area contributed by atoms with Crippen molar-refractivity contribution in [3.8, 4) is 0 Å². The summed E-state index contributed by atoms with van der Waals surface area (Å²) in [6.45, 7) is 0. The molecule has 3 N–H and O–H groups in total. The molecule has 0 saturated carbocycles. The van der Waals surface area contributed by atoms with Crippen LogP contribution in [0.2, 0.25) is 0 Å². The fraction of sp³-hybridized carbons (Fsp3) is 0.148. The normalized spacial score (nSPS) is 18.1. The number of aromatic nitrogens is 3. The van der Waals surface area contributed by atoms with Crippen LogP contribution in [0.25, 0.3) is 16.4 Å². The number of rotatable bonds is 3. The van der Waals surface area contributed by atoms with Crippen molar-refractivity contribution >= 4 is 39.7 Å². The van der Waals surface area contributed by atoms with Crippen molar-refractivity contribution in [3.63, 3.8) is 0 Å². The van der Waals surface area contributed by atoms with E-state index in [1.165, 1.54) is 4.40 Å². The Bertz CT molecular complexity index is 1870. The molecule has 5 aromatic rings. The Morgan fingerprint density at radius 2 is 1.92 bits per heavy atom. The summed E-state index contributed by atoms with van der Waals surface area (Å²) in [5.74, 6) is 0.324. The van der Waals surface area contributed by atoms with Crippen molar-refractivity contribution in [1.82, 2.24) is 14.4 Å². The lowest BCUT2D eigenvalue weighted by Gasteiger charge is -2.20. The molecule has 2 amide bonds. The second kappa shape index (κ2) is 7.11. The van der Waals surface area contributed by atoms with E-state index in [1.54, 1.807) is 24.5 Å². The molecular weight excluding hydrogens is 458 g/mol. The van der Waals surface area contributed by atoms with E-state index in [0.29, 0.717) is 40.9 Å². The third-order valence-corrected chi connectivity index (χ3v) is 7.38. The SMILES string of the molecule is O=C(Cc1cn2c(=O)c(=O)[nH]c3cccc1c32)Nc1ccc2c(c1)CC1(C2)C(=O)Nc2ncccc21. The number of hydrogen-bond donors (Lipinski definition) is 3. The summed E-state index contributed by atoms with van der Waals surface area (Å²) in [5.41, 5.74) is 3.39. The molecule has 1 atom stereocenters. The zero-order chi connectivity index (χ0) is 24.6. The molecule has 2 aliphatic rings. The van der Waals surface area contributed by atoms with Gasteiger partial charge in [0.15, 0.2) is 0 Å². The monoisotopic (exact) mass is 477 g/mol. The van der Waals surface area contributed by atoms with Gasteiger partial charge in [-0.05, 0) is 53.8 Å². The quantitative estimate of drug-likeness (QED) is 0.344. The van der Waals surface area contributed by atoms with Crippen molar-refractivity contribution in [2.75, 3.05) is 10.6 Å². The molecule has 1 spiro atoms. The minimum atomic E-state index is -0.702. The highest BCUT2D eigenvalue weighted by molar-refractivity contribution is 6.06. The molecule has 7 rings (SSSR count). The number of para-hydroxylation sites is 1. The highest BCUT2D eigenvalue weighted by Gasteiger charge is 2.51. The molecule has 0 saturated heterocycles. The van der Waals surface area contributed by atoms with Gasteiger partial charge < -0.3 is 15.6 Å². The minimum absolute atomic E-state index is 0.0386. The number of nitrogens with zero attached hydrogens (tertiary/aromatic N) is 2. The first kappa shape index (κ1) is 20.6. The average molecular weight is 477 g/mol. The van der Waals surface area contributed by atoms with Gasteiger partial charge in [-0.15, -0.1) is 0 Å². The molecule has 0 bridgehead atoms. The van der Waals surface area contributed by atoms with E-state index in [1.807, 2.05) is 36.4 Å². The second-order valence-corrected chi connectivity index (χ2v) is 9.48. The van der Waals surface area contributed by atoms with Crippen molar-refractivity contribution in [2.24, 2.45) is 0 Å². The molecular formula is C27H19N5O4. The average Bonchev–Trinajstić information content (AvgIpc) is 3.51. The van der Waals surface area contributed by atoms with E-state index in [9.17, 15) is 19.2 Å². The number of amides is 2. The van der Waals surface area contributed by atoms with Crippen LogP contribution < -0.4 is 21.8 Å². The van der Waals surface area contributed by atoms with Gasteiger partial charge in [-0.25, -0.2) is 4.98 Å². The van der Waals surface area contributed by atoms with E-state index in [0.717, 1.165) is 22.1 Å². The molecule has 1 aliphatic heterocycles. The zero-order valence-electron chi connectivity index (χ0n) is 18.9. The van der Waals surface area contributed by atoms with Crippen LogP contribution in [0.5, 0.6) is 0 Å². The first-order valence-corrected chi connectivity index (χ1v) is 11.6. The molecule has 1 unspecified atom stereocenters. The van der Waals surface area contributed by atoms with Crippen LogP contribution in [0.1, 0.15) is 22.3 Å². The number of carbonyl (C=O) groups excluding carboxylic acids is 2. The molecule has 176 valence electrons. The smallest absolute Gasteiger partial charge is 0.320 e. The van der Waals surface area contributed by atoms with Gasteiger partial charge in [0.2, 0.25) is 11.8 Å². The number of anilines is 2. The predicted octanol–water partition coefficient (Wildman–Crippen LogP) is 2.14. The van der Waals surface area contributed by atoms with E-state index < -0.39 is 16.5 Å². The Labute approximate surface area is 203 Å². The lowest BCUT2D eigenvalue weighted by atomic mass is 9.79.